The average Bonchev–Trinajstić information content (AvgIpc) is 2.62. The van der Waals surface area contributed by atoms with Crippen LogP contribution >= 0.6 is 45.8 Å². The van der Waals surface area contributed by atoms with Gasteiger partial charge in [-0.05, 0) is 40.3 Å². The van der Waals surface area contributed by atoms with E-state index < -0.39 is 0 Å². The Kier molecular flexibility index (Phi) is 3.97. The third-order valence-electron chi connectivity index (χ3n) is 2.53. The predicted octanol–water partition coefficient (Wildman–Crippen LogP) is 3.38. The topological polar surface area (TPSA) is 43.8 Å². The van der Waals surface area contributed by atoms with Crippen LogP contribution in [0, 0.1) is 3.57 Å². The van der Waals surface area contributed by atoms with Gasteiger partial charge in [0.25, 0.3) is 0 Å². The van der Waals surface area contributed by atoms with Crippen molar-refractivity contribution in [3.05, 3.63) is 49.3 Å². The largest absolute Gasteiger partial charge is 0.319 e. The van der Waals surface area contributed by atoms with Gasteiger partial charge in [-0.25, -0.2) is 0 Å². The molecule has 0 radical (unpaired) electrons. The Balaban J connectivity index is 2.43. The number of halogens is 3. The van der Waals surface area contributed by atoms with Crippen LogP contribution in [-0.2, 0) is 7.05 Å². The van der Waals surface area contributed by atoms with Crippen LogP contribution in [-0.4, -0.2) is 9.78 Å². The number of benzene rings is 1. The van der Waals surface area contributed by atoms with Gasteiger partial charge >= 0.3 is 0 Å². The van der Waals surface area contributed by atoms with E-state index in [2.05, 4.69) is 27.7 Å². The van der Waals surface area contributed by atoms with E-state index in [9.17, 15) is 0 Å². The van der Waals surface area contributed by atoms with Crippen molar-refractivity contribution in [2.24, 2.45) is 12.8 Å². The van der Waals surface area contributed by atoms with Crippen LogP contribution in [0.2, 0.25) is 10.0 Å². The summed E-state index contributed by atoms with van der Waals surface area (Å²) >= 11 is 14.3. The minimum absolute atomic E-state index is 0.329. The Morgan fingerprint density at radius 2 is 2.06 bits per heavy atom. The molecular formula is C11H10Cl2IN3. The Morgan fingerprint density at radius 3 is 2.59 bits per heavy atom. The summed E-state index contributed by atoms with van der Waals surface area (Å²) in [6, 6.07) is 5.41. The fraction of sp³-hybridized carbons (Fsp3) is 0.182. The van der Waals surface area contributed by atoms with E-state index in [4.69, 9.17) is 28.9 Å². The van der Waals surface area contributed by atoms with Gasteiger partial charge in [-0.15, -0.1) is 0 Å². The van der Waals surface area contributed by atoms with Gasteiger partial charge in [0.15, 0.2) is 0 Å². The summed E-state index contributed by atoms with van der Waals surface area (Å²) in [6.07, 6.45) is 1.59. The van der Waals surface area contributed by atoms with Gasteiger partial charge in [0.2, 0.25) is 0 Å². The Bertz CT molecular complexity index is 534. The maximum Gasteiger partial charge on any atom is 0.0837 e. The van der Waals surface area contributed by atoms with Gasteiger partial charge in [-0.3, -0.25) is 4.68 Å². The number of rotatable bonds is 2. The van der Waals surface area contributed by atoms with Crippen LogP contribution in [0.25, 0.3) is 0 Å². The normalized spacial score (nSPS) is 12.8. The molecule has 0 aliphatic carbocycles. The Hall–Kier alpha value is -0.300. The van der Waals surface area contributed by atoms with Gasteiger partial charge in [-0.2, -0.15) is 5.10 Å². The zero-order valence-electron chi connectivity index (χ0n) is 8.99. The molecule has 0 aliphatic heterocycles. The maximum absolute atomic E-state index is 6.18. The van der Waals surface area contributed by atoms with Crippen molar-refractivity contribution in [2.75, 3.05) is 0 Å². The zero-order chi connectivity index (χ0) is 12.6. The lowest BCUT2D eigenvalue weighted by Gasteiger charge is -2.14. The molecule has 90 valence electrons. The smallest absolute Gasteiger partial charge is 0.0837 e. The standard InChI is InChI=1S/C11H10Cl2IN3/c1-17-11(8(13)5-16-17)10(15)6-2-3-9(14)7(12)4-6/h2-5,10H,15H2,1H3. The first kappa shape index (κ1) is 13.1. The minimum atomic E-state index is -0.329. The summed E-state index contributed by atoms with van der Waals surface area (Å²) in [4.78, 5) is 0. The molecule has 0 saturated heterocycles. The lowest BCUT2D eigenvalue weighted by atomic mass is 10.0. The fourth-order valence-corrected chi connectivity index (χ4v) is 2.44. The van der Waals surface area contributed by atoms with Crippen LogP contribution in [0.15, 0.2) is 24.4 Å². The second kappa shape index (κ2) is 5.14. The second-order valence-electron chi connectivity index (χ2n) is 3.65. The molecule has 6 heteroatoms. The molecule has 2 N–H and O–H groups in total. The summed E-state index contributed by atoms with van der Waals surface area (Å²) in [6.45, 7) is 0. The molecule has 0 saturated carbocycles. The molecule has 2 aromatic rings. The summed E-state index contributed by atoms with van der Waals surface area (Å²) < 4.78 is 2.68. The number of hydrogen-bond donors (Lipinski definition) is 1. The first-order chi connectivity index (χ1) is 8.00. The summed E-state index contributed by atoms with van der Waals surface area (Å²) in [5.41, 5.74) is 7.87. The molecule has 0 spiro atoms. The Morgan fingerprint density at radius 1 is 1.35 bits per heavy atom. The van der Waals surface area contributed by atoms with Gasteiger partial charge in [0.05, 0.1) is 28.0 Å². The van der Waals surface area contributed by atoms with E-state index in [0.29, 0.717) is 10.0 Å². The van der Waals surface area contributed by atoms with E-state index in [1.165, 1.54) is 0 Å². The minimum Gasteiger partial charge on any atom is -0.319 e. The van der Waals surface area contributed by atoms with Crippen molar-refractivity contribution in [1.29, 1.82) is 0 Å². The lowest BCUT2D eigenvalue weighted by molar-refractivity contribution is 0.673. The average molecular weight is 382 g/mol. The van der Waals surface area contributed by atoms with Gasteiger partial charge in [0.1, 0.15) is 0 Å². The first-order valence-electron chi connectivity index (χ1n) is 4.88. The Labute approximate surface area is 123 Å². The highest BCUT2D eigenvalue weighted by Crippen LogP contribution is 2.28. The van der Waals surface area contributed by atoms with Crippen molar-refractivity contribution in [3.63, 3.8) is 0 Å². The van der Waals surface area contributed by atoms with E-state index >= 15 is 0 Å². The van der Waals surface area contributed by atoms with Crippen LogP contribution in [0.4, 0.5) is 0 Å². The summed E-state index contributed by atoms with van der Waals surface area (Å²) in [7, 11) is 1.81. The van der Waals surface area contributed by atoms with Gasteiger partial charge < -0.3 is 5.73 Å². The lowest BCUT2D eigenvalue weighted by Crippen LogP contribution is -2.16. The SMILES string of the molecule is Cn1ncc(Cl)c1C(N)c1ccc(I)c(Cl)c1. The van der Waals surface area contributed by atoms with Crippen molar-refractivity contribution in [1.82, 2.24) is 9.78 Å². The molecule has 0 bridgehead atoms. The van der Waals surface area contributed by atoms with Crippen LogP contribution in [0.3, 0.4) is 0 Å². The van der Waals surface area contributed by atoms with Crippen molar-refractivity contribution in [2.45, 2.75) is 6.04 Å². The van der Waals surface area contributed by atoms with Crippen molar-refractivity contribution < 1.29 is 0 Å². The molecule has 1 atom stereocenters. The molecule has 1 heterocycles. The molecule has 1 unspecified atom stereocenters. The first-order valence-corrected chi connectivity index (χ1v) is 6.72. The third-order valence-corrected chi connectivity index (χ3v) is 4.40. The quantitative estimate of drug-likeness (QED) is 0.810. The highest BCUT2D eigenvalue weighted by Gasteiger charge is 2.17. The fourth-order valence-electron chi connectivity index (χ4n) is 1.63. The van der Waals surface area contributed by atoms with Crippen molar-refractivity contribution >= 4 is 45.8 Å². The van der Waals surface area contributed by atoms with Crippen LogP contribution in [0.5, 0.6) is 0 Å². The molecule has 3 nitrogen and oxygen atoms in total. The van der Waals surface area contributed by atoms with Crippen molar-refractivity contribution in [3.8, 4) is 0 Å². The van der Waals surface area contributed by atoms with E-state index in [-0.39, 0.29) is 6.04 Å². The summed E-state index contributed by atoms with van der Waals surface area (Å²) in [5, 5.41) is 5.33. The number of nitrogens with two attached hydrogens (primary N) is 1. The molecule has 0 aliphatic rings. The number of aromatic nitrogens is 2. The molecular weight excluding hydrogens is 372 g/mol. The molecule has 0 amide bonds. The molecule has 0 fully saturated rings. The molecule has 1 aromatic heterocycles. The highest BCUT2D eigenvalue weighted by atomic mass is 127. The molecule has 1 aromatic carbocycles. The number of hydrogen-bond acceptors (Lipinski definition) is 2. The van der Waals surface area contributed by atoms with Gasteiger partial charge in [-0.1, -0.05) is 29.3 Å². The van der Waals surface area contributed by atoms with E-state index in [1.807, 2.05) is 25.2 Å². The van der Waals surface area contributed by atoms with E-state index in [0.717, 1.165) is 14.8 Å². The van der Waals surface area contributed by atoms with Crippen LogP contribution < -0.4 is 5.73 Å². The zero-order valence-corrected chi connectivity index (χ0v) is 12.7. The van der Waals surface area contributed by atoms with Gasteiger partial charge in [0, 0.05) is 10.6 Å². The number of aryl methyl sites for hydroxylation is 1. The second-order valence-corrected chi connectivity index (χ2v) is 5.63. The maximum atomic E-state index is 6.18. The summed E-state index contributed by atoms with van der Waals surface area (Å²) in [5.74, 6) is 0. The highest BCUT2D eigenvalue weighted by molar-refractivity contribution is 14.1. The molecule has 17 heavy (non-hydrogen) atoms. The number of nitrogens with zero attached hydrogens (tertiary/aromatic N) is 2. The third kappa shape index (κ3) is 2.59. The van der Waals surface area contributed by atoms with Crippen LogP contribution in [0.1, 0.15) is 17.3 Å². The molecule has 2 rings (SSSR count). The predicted molar refractivity (Wildman–Crippen MR) is 78.4 cm³/mol. The van der Waals surface area contributed by atoms with E-state index in [1.54, 1.807) is 10.9 Å². The monoisotopic (exact) mass is 381 g/mol.